The van der Waals surface area contributed by atoms with Gasteiger partial charge in [0, 0.05) is 5.69 Å². The number of anilines is 2. The first-order valence-corrected chi connectivity index (χ1v) is 6.39. The molecule has 1 heterocycles. The summed E-state index contributed by atoms with van der Waals surface area (Å²) in [6, 6.07) is 4.09. The Kier molecular flexibility index (Phi) is 3.34. The summed E-state index contributed by atoms with van der Waals surface area (Å²) in [6.45, 7) is 6.00. The molecule has 0 bridgehead atoms. The first kappa shape index (κ1) is 12.6. The third-order valence-corrected chi connectivity index (χ3v) is 3.49. The van der Waals surface area contributed by atoms with Gasteiger partial charge in [-0.2, -0.15) is 0 Å². The van der Waals surface area contributed by atoms with E-state index in [4.69, 9.17) is 5.73 Å². The van der Waals surface area contributed by atoms with Crippen LogP contribution in [-0.2, 0) is 0 Å². The number of nitrogen functional groups attached to an aromatic ring is 1. The van der Waals surface area contributed by atoms with E-state index in [1.807, 2.05) is 32.9 Å². The topological polar surface area (TPSA) is 68.0 Å². The number of nitrogens with zero attached hydrogens (tertiary/aromatic N) is 1. The van der Waals surface area contributed by atoms with Crippen molar-refractivity contribution < 1.29 is 4.79 Å². The number of nitrogens with two attached hydrogens (primary N) is 1. The largest absolute Gasteiger partial charge is 0.375 e. The summed E-state index contributed by atoms with van der Waals surface area (Å²) < 4.78 is 0. The molecule has 0 saturated carbocycles. The summed E-state index contributed by atoms with van der Waals surface area (Å²) >= 11 is 1.18. The lowest BCUT2D eigenvalue weighted by molar-refractivity contribution is 0.103. The minimum atomic E-state index is -0.167. The van der Waals surface area contributed by atoms with Crippen molar-refractivity contribution in [2.45, 2.75) is 20.8 Å². The zero-order valence-electron chi connectivity index (χ0n) is 10.6. The van der Waals surface area contributed by atoms with Gasteiger partial charge in [-0.1, -0.05) is 29.0 Å². The Bertz CT molecular complexity index is 581. The number of benzene rings is 1. The summed E-state index contributed by atoms with van der Waals surface area (Å²) in [7, 11) is 0. The van der Waals surface area contributed by atoms with E-state index in [0.717, 1.165) is 16.8 Å². The molecule has 5 heteroatoms. The molecule has 0 atom stereocenters. The van der Waals surface area contributed by atoms with Crippen molar-refractivity contribution in [2.24, 2.45) is 0 Å². The third kappa shape index (κ3) is 2.51. The van der Waals surface area contributed by atoms with Crippen LogP contribution in [0.25, 0.3) is 0 Å². The first-order chi connectivity index (χ1) is 8.47. The minimum Gasteiger partial charge on any atom is -0.375 e. The van der Waals surface area contributed by atoms with Gasteiger partial charge in [0.25, 0.3) is 5.91 Å². The highest BCUT2D eigenvalue weighted by Crippen LogP contribution is 2.23. The molecule has 0 aliphatic rings. The predicted molar refractivity (Wildman–Crippen MR) is 75.1 cm³/mol. The Labute approximate surface area is 110 Å². The quantitative estimate of drug-likeness (QED) is 0.873. The highest BCUT2D eigenvalue weighted by molar-refractivity contribution is 7.17. The maximum absolute atomic E-state index is 12.0. The molecular formula is C13H15N3OS. The molecule has 2 aromatic rings. The van der Waals surface area contributed by atoms with Crippen LogP contribution in [0.5, 0.6) is 0 Å². The van der Waals surface area contributed by atoms with Crippen molar-refractivity contribution >= 4 is 28.1 Å². The molecule has 0 aliphatic carbocycles. The molecule has 0 aliphatic heterocycles. The van der Waals surface area contributed by atoms with Gasteiger partial charge in [-0.25, -0.2) is 4.98 Å². The molecule has 3 N–H and O–H groups in total. The highest BCUT2D eigenvalue weighted by atomic mass is 32.1. The second-order valence-electron chi connectivity index (χ2n) is 4.29. The van der Waals surface area contributed by atoms with Gasteiger partial charge < -0.3 is 11.1 Å². The van der Waals surface area contributed by atoms with Gasteiger partial charge in [-0.15, -0.1) is 0 Å². The van der Waals surface area contributed by atoms with Crippen LogP contribution in [0.15, 0.2) is 18.3 Å². The van der Waals surface area contributed by atoms with E-state index in [-0.39, 0.29) is 5.91 Å². The average Bonchev–Trinajstić information content (AvgIpc) is 2.70. The molecule has 1 amide bonds. The first-order valence-electron chi connectivity index (χ1n) is 5.58. The number of aryl methyl sites for hydroxylation is 3. The molecule has 0 unspecified atom stereocenters. The maximum Gasteiger partial charge on any atom is 0.267 e. The molecule has 0 spiro atoms. The molecule has 2 rings (SSSR count). The number of thiazole rings is 1. The van der Waals surface area contributed by atoms with E-state index in [1.165, 1.54) is 23.1 Å². The van der Waals surface area contributed by atoms with Gasteiger partial charge in [0.15, 0.2) is 5.13 Å². The second kappa shape index (κ2) is 4.78. The van der Waals surface area contributed by atoms with Crippen LogP contribution in [0.2, 0.25) is 0 Å². The van der Waals surface area contributed by atoms with Crippen molar-refractivity contribution in [1.29, 1.82) is 0 Å². The minimum absolute atomic E-state index is 0.167. The fraction of sp³-hybridized carbons (Fsp3) is 0.231. The molecule has 4 nitrogen and oxygen atoms in total. The standard InChI is InChI=1S/C13H15N3OS/c1-7-4-8(2)11(9(3)5-7)16-12(17)10-6-15-13(14)18-10/h4-6H,1-3H3,(H2,14,15)(H,16,17). The normalized spacial score (nSPS) is 10.4. The van der Waals surface area contributed by atoms with Crippen LogP contribution in [0.1, 0.15) is 26.4 Å². The van der Waals surface area contributed by atoms with Crippen molar-refractivity contribution in [1.82, 2.24) is 4.98 Å². The lowest BCUT2D eigenvalue weighted by atomic mass is 10.1. The van der Waals surface area contributed by atoms with Gasteiger partial charge >= 0.3 is 0 Å². The monoisotopic (exact) mass is 261 g/mol. The van der Waals surface area contributed by atoms with E-state index >= 15 is 0 Å². The van der Waals surface area contributed by atoms with Crippen LogP contribution in [-0.4, -0.2) is 10.9 Å². The number of carbonyl (C=O) groups excluding carboxylic acids is 1. The molecule has 94 valence electrons. The zero-order chi connectivity index (χ0) is 13.3. The summed E-state index contributed by atoms with van der Waals surface area (Å²) in [4.78, 5) is 16.4. The van der Waals surface area contributed by atoms with Gasteiger partial charge in [-0.3, -0.25) is 4.79 Å². The number of nitrogens with one attached hydrogen (secondary N) is 1. The average molecular weight is 261 g/mol. The molecule has 0 radical (unpaired) electrons. The molecule has 1 aromatic carbocycles. The van der Waals surface area contributed by atoms with Gasteiger partial charge in [-0.05, 0) is 31.9 Å². The fourth-order valence-corrected chi connectivity index (χ4v) is 2.52. The molecule has 0 fully saturated rings. The number of rotatable bonds is 2. The Morgan fingerprint density at radius 2 is 1.89 bits per heavy atom. The lowest BCUT2D eigenvalue weighted by Crippen LogP contribution is -2.12. The van der Waals surface area contributed by atoms with E-state index in [1.54, 1.807) is 0 Å². The Hall–Kier alpha value is -1.88. The Morgan fingerprint density at radius 3 is 2.39 bits per heavy atom. The van der Waals surface area contributed by atoms with Gasteiger partial charge in [0.1, 0.15) is 4.88 Å². The van der Waals surface area contributed by atoms with Crippen LogP contribution < -0.4 is 11.1 Å². The van der Waals surface area contributed by atoms with Crippen molar-refractivity contribution in [3.05, 3.63) is 39.9 Å². The SMILES string of the molecule is Cc1cc(C)c(NC(=O)c2cnc(N)s2)c(C)c1. The van der Waals surface area contributed by atoms with Crippen molar-refractivity contribution in [3.8, 4) is 0 Å². The summed E-state index contributed by atoms with van der Waals surface area (Å²) in [5.41, 5.74) is 9.67. The Morgan fingerprint density at radius 1 is 1.28 bits per heavy atom. The smallest absolute Gasteiger partial charge is 0.267 e. The van der Waals surface area contributed by atoms with Crippen LogP contribution >= 0.6 is 11.3 Å². The number of hydrogen-bond acceptors (Lipinski definition) is 4. The number of hydrogen-bond donors (Lipinski definition) is 2. The number of amides is 1. The fourth-order valence-electron chi connectivity index (χ4n) is 1.94. The predicted octanol–water partition coefficient (Wildman–Crippen LogP) is 2.90. The van der Waals surface area contributed by atoms with Crippen LogP contribution in [0.4, 0.5) is 10.8 Å². The third-order valence-electron chi connectivity index (χ3n) is 2.66. The molecule has 1 aromatic heterocycles. The zero-order valence-corrected chi connectivity index (χ0v) is 11.4. The van der Waals surface area contributed by atoms with Crippen molar-refractivity contribution in [2.75, 3.05) is 11.1 Å². The summed E-state index contributed by atoms with van der Waals surface area (Å²) in [5.74, 6) is -0.167. The summed E-state index contributed by atoms with van der Waals surface area (Å²) in [5, 5.41) is 3.31. The van der Waals surface area contributed by atoms with Crippen LogP contribution in [0.3, 0.4) is 0 Å². The van der Waals surface area contributed by atoms with Crippen LogP contribution in [0, 0.1) is 20.8 Å². The van der Waals surface area contributed by atoms with E-state index in [9.17, 15) is 4.79 Å². The second-order valence-corrected chi connectivity index (χ2v) is 5.35. The number of carbonyl (C=O) groups is 1. The maximum atomic E-state index is 12.0. The Balaban J connectivity index is 2.27. The van der Waals surface area contributed by atoms with Crippen molar-refractivity contribution in [3.63, 3.8) is 0 Å². The summed E-state index contributed by atoms with van der Waals surface area (Å²) in [6.07, 6.45) is 1.49. The van der Waals surface area contributed by atoms with Gasteiger partial charge in [0.05, 0.1) is 6.20 Å². The molecule has 18 heavy (non-hydrogen) atoms. The van der Waals surface area contributed by atoms with E-state index < -0.39 is 0 Å². The van der Waals surface area contributed by atoms with Gasteiger partial charge in [0.2, 0.25) is 0 Å². The molecular weight excluding hydrogens is 246 g/mol. The number of aromatic nitrogens is 1. The lowest BCUT2D eigenvalue weighted by Gasteiger charge is -2.11. The van der Waals surface area contributed by atoms with E-state index in [0.29, 0.717) is 10.0 Å². The van der Waals surface area contributed by atoms with E-state index in [2.05, 4.69) is 10.3 Å². The molecule has 0 saturated heterocycles. The highest BCUT2D eigenvalue weighted by Gasteiger charge is 2.12.